The summed E-state index contributed by atoms with van der Waals surface area (Å²) in [6.45, 7) is 0. The highest BCUT2D eigenvalue weighted by Crippen LogP contribution is 2.31. The van der Waals surface area contributed by atoms with Crippen molar-refractivity contribution in [1.82, 2.24) is 9.78 Å². The first-order valence-electron chi connectivity index (χ1n) is 7.30. The fourth-order valence-electron chi connectivity index (χ4n) is 2.33. The zero-order chi connectivity index (χ0) is 17.3. The lowest BCUT2D eigenvalue weighted by Gasteiger charge is -2.14. The van der Waals surface area contributed by atoms with Gasteiger partial charge in [-0.05, 0) is 24.3 Å². The van der Waals surface area contributed by atoms with E-state index in [1.54, 1.807) is 12.1 Å². The van der Waals surface area contributed by atoms with Crippen LogP contribution in [0.25, 0.3) is 16.9 Å². The molecule has 24 heavy (non-hydrogen) atoms. The maximum Gasteiger partial charge on any atom is 0.291 e. The average Bonchev–Trinajstić information content (AvgIpc) is 2.61. The van der Waals surface area contributed by atoms with Crippen LogP contribution in [0.5, 0.6) is 0 Å². The second-order valence-electron chi connectivity index (χ2n) is 5.47. The van der Waals surface area contributed by atoms with Crippen LogP contribution in [0.3, 0.4) is 0 Å². The largest absolute Gasteiger partial charge is 0.378 e. The van der Waals surface area contributed by atoms with Crippen molar-refractivity contribution in [2.75, 3.05) is 19.0 Å². The number of rotatable bonds is 3. The third-order valence-corrected chi connectivity index (χ3v) is 4.45. The van der Waals surface area contributed by atoms with Crippen LogP contribution >= 0.6 is 23.2 Å². The molecular formula is C18H15Cl2N3O. The van der Waals surface area contributed by atoms with Crippen LogP contribution in [0.1, 0.15) is 0 Å². The second-order valence-corrected chi connectivity index (χ2v) is 6.23. The Bertz CT molecular complexity index is 919. The van der Waals surface area contributed by atoms with Crippen LogP contribution in [0.4, 0.5) is 5.69 Å². The van der Waals surface area contributed by atoms with Crippen molar-refractivity contribution in [3.05, 3.63) is 75.0 Å². The van der Waals surface area contributed by atoms with Crippen molar-refractivity contribution >= 4 is 28.9 Å². The van der Waals surface area contributed by atoms with Crippen molar-refractivity contribution in [3.63, 3.8) is 0 Å². The molecule has 4 nitrogen and oxygen atoms in total. The second kappa shape index (κ2) is 6.67. The Morgan fingerprint density at radius 3 is 2.12 bits per heavy atom. The number of benzene rings is 2. The van der Waals surface area contributed by atoms with Crippen molar-refractivity contribution in [2.24, 2.45) is 0 Å². The molecule has 0 spiro atoms. The van der Waals surface area contributed by atoms with E-state index in [0.29, 0.717) is 11.4 Å². The molecule has 0 atom stereocenters. The van der Waals surface area contributed by atoms with Gasteiger partial charge in [0.25, 0.3) is 5.56 Å². The van der Waals surface area contributed by atoms with Crippen LogP contribution in [-0.2, 0) is 0 Å². The number of halogens is 2. The number of anilines is 1. The molecule has 0 saturated heterocycles. The summed E-state index contributed by atoms with van der Waals surface area (Å²) in [5, 5.41) is 4.54. The van der Waals surface area contributed by atoms with Gasteiger partial charge in [0, 0.05) is 25.3 Å². The molecule has 0 amide bonds. The van der Waals surface area contributed by atoms with Gasteiger partial charge in [-0.15, -0.1) is 0 Å². The quantitative estimate of drug-likeness (QED) is 0.700. The molecule has 2 aromatic carbocycles. The minimum atomic E-state index is -0.443. The fraction of sp³-hybridized carbons (Fsp3) is 0.111. The van der Waals surface area contributed by atoms with E-state index in [1.165, 1.54) is 4.68 Å². The van der Waals surface area contributed by atoms with Crippen LogP contribution in [0, 0.1) is 0 Å². The van der Waals surface area contributed by atoms with Gasteiger partial charge in [0.1, 0.15) is 10.7 Å². The summed E-state index contributed by atoms with van der Waals surface area (Å²) >= 11 is 12.4. The van der Waals surface area contributed by atoms with Gasteiger partial charge in [-0.3, -0.25) is 4.79 Å². The van der Waals surface area contributed by atoms with Gasteiger partial charge in [0.05, 0.1) is 10.7 Å². The highest BCUT2D eigenvalue weighted by Gasteiger charge is 2.16. The maximum atomic E-state index is 12.4. The molecular weight excluding hydrogens is 345 g/mol. The first kappa shape index (κ1) is 16.6. The summed E-state index contributed by atoms with van der Waals surface area (Å²) in [4.78, 5) is 14.4. The summed E-state index contributed by atoms with van der Waals surface area (Å²) in [6, 6.07) is 16.8. The lowest BCUT2D eigenvalue weighted by molar-refractivity contribution is 0.813. The molecule has 6 heteroatoms. The van der Waals surface area contributed by atoms with Gasteiger partial charge in [0.2, 0.25) is 0 Å². The Kier molecular flexibility index (Phi) is 4.60. The summed E-state index contributed by atoms with van der Waals surface area (Å²) in [7, 11) is 3.93. The summed E-state index contributed by atoms with van der Waals surface area (Å²) < 4.78 is 1.27. The Morgan fingerprint density at radius 2 is 1.54 bits per heavy atom. The van der Waals surface area contributed by atoms with Gasteiger partial charge in [-0.25, -0.2) is 0 Å². The predicted octanol–water partition coefficient (Wildman–Crippen LogP) is 4.27. The van der Waals surface area contributed by atoms with Crippen LogP contribution in [0.15, 0.2) is 59.4 Å². The Labute approximate surface area is 149 Å². The fourth-order valence-corrected chi connectivity index (χ4v) is 2.72. The van der Waals surface area contributed by atoms with E-state index in [-0.39, 0.29) is 10.0 Å². The van der Waals surface area contributed by atoms with Crippen LogP contribution in [0.2, 0.25) is 10.0 Å². The van der Waals surface area contributed by atoms with Gasteiger partial charge >= 0.3 is 0 Å². The maximum absolute atomic E-state index is 12.4. The molecule has 3 rings (SSSR count). The number of aromatic nitrogens is 2. The van der Waals surface area contributed by atoms with Crippen molar-refractivity contribution in [2.45, 2.75) is 0 Å². The molecule has 3 aromatic rings. The number of hydrogen-bond acceptors (Lipinski definition) is 3. The number of hydrogen-bond donors (Lipinski definition) is 0. The molecule has 0 aliphatic heterocycles. The van der Waals surface area contributed by atoms with Gasteiger partial charge in [-0.1, -0.05) is 53.5 Å². The normalized spacial score (nSPS) is 10.7. The highest BCUT2D eigenvalue weighted by molar-refractivity contribution is 6.43. The van der Waals surface area contributed by atoms with Gasteiger partial charge in [0.15, 0.2) is 0 Å². The molecule has 0 aliphatic rings. The smallest absolute Gasteiger partial charge is 0.291 e. The van der Waals surface area contributed by atoms with E-state index in [0.717, 1.165) is 11.3 Å². The molecule has 0 unspecified atom stereocenters. The minimum absolute atomic E-state index is 0.0396. The SMILES string of the molecule is CN(C)c1ccc(-c2nn(-c3ccccc3)c(=O)c(Cl)c2Cl)cc1. The monoisotopic (exact) mass is 359 g/mol. The molecule has 0 bridgehead atoms. The molecule has 1 heterocycles. The third-order valence-electron chi connectivity index (χ3n) is 3.64. The van der Waals surface area contributed by atoms with Gasteiger partial charge in [-0.2, -0.15) is 9.78 Å². The van der Waals surface area contributed by atoms with Crippen molar-refractivity contribution in [3.8, 4) is 16.9 Å². The van der Waals surface area contributed by atoms with Crippen molar-refractivity contribution in [1.29, 1.82) is 0 Å². The summed E-state index contributed by atoms with van der Waals surface area (Å²) in [5.74, 6) is 0. The van der Waals surface area contributed by atoms with E-state index in [9.17, 15) is 4.79 Å². The molecule has 0 radical (unpaired) electrons. The highest BCUT2D eigenvalue weighted by atomic mass is 35.5. The lowest BCUT2D eigenvalue weighted by atomic mass is 10.1. The first-order chi connectivity index (χ1) is 11.5. The minimum Gasteiger partial charge on any atom is -0.378 e. The number of para-hydroxylation sites is 1. The van der Waals surface area contributed by atoms with E-state index in [2.05, 4.69) is 5.10 Å². The molecule has 0 N–H and O–H groups in total. The topological polar surface area (TPSA) is 38.1 Å². The molecule has 0 aliphatic carbocycles. The predicted molar refractivity (Wildman–Crippen MR) is 99.6 cm³/mol. The Morgan fingerprint density at radius 1 is 0.917 bits per heavy atom. The third kappa shape index (κ3) is 3.03. The van der Waals surface area contributed by atoms with E-state index < -0.39 is 5.56 Å². The molecule has 0 fully saturated rings. The average molecular weight is 360 g/mol. The summed E-state index contributed by atoms with van der Waals surface area (Å²) in [6.07, 6.45) is 0. The van der Waals surface area contributed by atoms with Crippen LogP contribution in [-0.4, -0.2) is 23.9 Å². The van der Waals surface area contributed by atoms with E-state index >= 15 is 0 Å². The zero-order valence-corrected chi connectivity index (χ0v) is 14.7. The zero-order valence-electron chi connectivity index (χ0n) is 13.2. The molecule has 122 valence electrons. The first-order valence-corrected chi connectivity index (χ1v) is 8.06. The molecule has 1 aromatic heterocycles. The Hall–Kier alpha value is -2.30. The summed E-state index contributed by atoms with van der Waals surface area (Å²) in [5.41, 5.74) is 2.50. The van der Waals surface area contributed by atoms with E-state index in [4.69, 9.17) is 23.2 Å². The molecule has 0 saturated carbocycles. The lowest BCUT2D eigenvalue weighted by Crippen LogP contribution is -2.22. The standard InChI is InChI=1S/C18H15Cl2N3O/c1-22(2)13-10-8-12(9-11-13)17-15(19)16(20)18(24)23(21-17)14-6-4-3-5-7-14/h3-11H,1-2H3. The Balaban J connectivity index is 2.18. The van der Waals surface area contributed by atoms with Crippen LogP contribution < -0.4 is 10.5 Å². The van der Waals surface area contributed by atoms with Crippen molar-refractivity contribution < 1.29 is 0 Å². The van der Waals surface area contributed by atoms with E-state index in [1.807, 2.05) is 61.5 Å². The number of nitrogens with zero attached hydrogens (tertiary/aromatic N) is 3. The van der Waals surface area contributed by atoms with Gasteiger partial charge < -0.3 is 4.90 Å².